The summed E-state index contributed by atoms with van der Waals surface area (Å²) in [7, 11) is 0. The molecule has 2 fully saturated rings. The zero-order valence-electron chi connectivity index (χ0n) is 15.3. The molecule has 1 aromatic carbocycles. The van der Waals surface area contributed by atoms with Crippen LogP contribution < -0.4 is 4.90 Å². The average Bonchev–Trinajstić information content (AvgIpc) is 3.30. The smallest absolute Gasteiger partial charge is 0.228 e. The largest absolute Gasteiger partial charge is 0.356 e. The third kappa shape index (κ3) is 3.60. The minimum absolute atomic E-state index is 0.566. The van der Waals surface area contributed by atoms with E-state index in [1.165, 1.54) is 32.1 Å². The molecule has 140 valence electrons. The molecule has 1 saturated heterocycles. The Morgan fingerprint density at radius 3 is 2.63 bits per heavy atom. The lowest BCUT2D eigenvalue weighted by Gasteiger charge is -2.27. The fourth-order valence-corrected chi connectivity index (χ4v) is 4.47. The summed E-state index contributed by atoms with van der Waals surface area (Å²) in [6, 6.07) is 12.7. The lowest BCUT2D eigenvalue weighted by atomic mass is 10.1. The van der Waals surface area contributed by atoms with Crippen LogP contribution in [-0.2, 0) is 5.75 Å². The third-order valence-electron chi connectivity index (χ3n) is 5.16. The van der Waals surface area contributed by atoms with Gasteiger partial charge in [0.25, 0.3) is 0 Å². The first-order valence-electron chi connectivity index (χ1n) is 9.72. The number of benzene rings is 1. The van der Waals surface area contributed by atoms with Gasteiger partial charge in [-0.05, 0) is 32.1 Å². The van der Waals surface area contributed by atoms with Crippen LogP contribution in [-0.4, -0.2) is 33.0 Å². The zero-order chi connectivity index (χ0) is 18.1. The van der Waals surface area contributed by atoms with Crippen LogP contribution in [0.25, 0.3) is 11.3 Å². The average molecular weight is 382 g/mol. The molecule has 2 aromatic heterocycles. The molecule has 0 radical (unpaired) electrons. The molecule has 0 N–H and O–H groups in total. The van der Waals surface area contributed by atoms with Gasteiger partial charge in [-0.25, -0.2) is 0 Å². The summed E-state index contributed by atoms with van der Waals surface area (Å²) in [6.07, 6.45) is 6.29. The van der Waals surface area contributed by atoms with E-state index in [2.05, 4.69) is 24.8 Å². The highest BCUT2D eigenvalue weighted by molar-refractivity contribution is 7.98. The van der Waals surface area contributed by atoms with Crippen molar-refractivity contribution >= 4 is 17.7 Å². The number of aromatic nitrogens is 4. The minimum Gasteiger partial charge on any atom is -0.356 e. The first kappa shape index (κ1) is 16.9. The maximum Gasteiger partial charge on any atom is 0.228 e. The Bertz CT molecular complexity index is 896. The van der Waals surface area contributed by atoms with Gasteiger partial charge in [0.05, 0.1) is 5.69 Å². The van der Waals surface area contributed by atoms with Gasteiger partial charge in [-0.15, -0.1) is 10.2 Å². The Kier molecular flexibility index (Phi) is 4.61. The molecular weight excluding hydrogens is 358 g/mol. The summed E-state index contributed by atoms with van der Waals surface area (Å²) in [5.74, 6) is 2.61. The molecule has 3 heterocycles. The zero-order valence-corrected chi connectivity index (χ0v) is 16.1. The molecule has 3 aromatic rings. The van der Waals surface area contributed by atoms with Crippen molar-refractivity contribution in [1.82, 2.24) is 19.9 Å². The molecule has 0 amide bonds. The predicted octanol–water partition coefficient (Wildman–Crippen LogP) is 4.55. The van der Waals surface area contributed by atoms with E-state index in [1.54, 1.807) is 11.8 Å². The highest BCUT2D eigenvalue weighted by Gasteiger charge is 2.32. The van der Waals surface area contributed by atoms with Crippen molar-refractivity contribution in [2.75, 3.05) is 18.0 Å². The van der Waals surface area contributed by atoms with Gasteiger partial charge in [-0.3, -0.25) is 4.57 Å². The van der Waals surface area contributed by atoms with Crippen LogP contribution in [0.3, 0.4) is 0 Å². The lowest BCUT2D eigenvalue weighted by Crippen LogP contribution is -2.31. The molecule has 7 heteroatoms. The van der Waals surface area contributed by atoms with E-state index in [4.69, 9.17) is 4.52 Å². The SMILES string of the molecule is c1ccc(-c2cc(CSc3nnc(N4CCCCC4)n3C3CC3)no2)cc1. The monoisotopic (exact) mass is 381 g/mol. The highest BCUT2D eigenvalue weighted by Crippen LogP contribution is 2.41. The molecule has 1 saturated carbocycles. The molecule has 5 rings (SSSR count). The van der Waals surface area contributed by atoms with Crippen LogP contribution in [0.4, 0.5) is 5.95 Å². The van der Waals surface area contributed by atoms with Crippen molar-refractivity contribution < 1.29 is 4.52 Å². The van der Waals surface area contributed by atoms with Crippen LogP contribution in [0.15, 0.2) is 46.1 Å². The summed E-state index contributed by atoms with van der Waals surface area (Å²) in [5.41, 5.74) is 1.98. The summed E-state index contributed by atoms with van der Waals surface area (Å²) in [5, 5.41) is 14.3. The Balaban J connectivity index is 1.31. The fourth-order valence-electron chi connectivity index (χ4n) is 3.59. The lowest BCUT2D eigenvalue weighted by molar-refractivity contribution is 0.426. The van der Waals surface area contributed by atoms with Crippen molar-refractivity contribution in [1.29, 1.82) is 0 Å². The number of hydrogen-bond donors (Lipinski definition) is 0. The van der Waals surface area contributed by atoms with Crippen LogP contribution in [0.2, 0.25) is 0 Å². The second-order valence-electron chi connectivity index (χ2n) is 7.27. The summed E-state index contributed by atoms with van der Waals surface area (Å²) >= 11 is 1.70. The third-order valence-corrected chi connectivity index (χ3v) is 6.14. The van der Waals surface area contributed by atoms with Crippen LogP contribution in [0, 0.1) is 0 Å². The Hall–Kier alpha value is -2.28. The van der Waals surface area contributed by atoms with Crippen molar-refractivity contribution in [2.45, 2.75) is 49.1 Å². The van der Waals surface area contributed by atoms with Crippen LogP contribution >= 0.6 is 11.8 Å². The van der Waals surface area contributed by atoms with E-state index >= 15 is 0 Å². The molecule has 0 spiro atoms. The first-order valence-corrected chi connectivity index (χ1v) is 10.7. The number of hydrogen-bond acceptors (Lipinski definition) is 6. The Morgan fingerprint density at radius 2 is 1.85 bits per heavy atom. The van der Waals surface area contributed by atoms with E-state index in [0.717, 1.165) is 47.0 Å². The van der Waals surface area contributed by atoms with Gasteiger partial charge < -0.3 is 9.42 Å². The Morgan fingerprint density at radius 1 is 1.04 bits per heavy atom. The van der Waals surface area contributed by atoms with Crippen molar-refractivity contribution in [3.8, 4) is 11.3 Å². The van der Waals surface area contributed by atoms with Crippen molar-refractivity contribution in [2.24, 2.45) is 0 Å². The molecule has 1 aliphatic heterocycles. The second-order valence-corrected chi connectivity index (χ2v) is 8.21. The van der Waals surface area contributed by atoms with Crippen molar-refractivity contribution in [3.05, 3.63) is 42.1 Å². The molecule has 6 nitrogen and oxygen atoms in total. The summed E-state index contributed by atoms with van der Waals surface area (Å²) < 4.78 is 7.87. The van der Waals surface area contributed by atoms with E-state index in [0.29, 0.717) is 6.04 Å². The van der Waals surface area contributed by atoms with Gasteiger partial charge in [0, 0.05) is 36.5 Å². The maximum atomic E-state index is 5.52. The van der Waals surface area contributed by atoms with Gasteiger partial charge in [0.2, 0.25) is 5.95 Å². The molecule has 2 aliphatic rings. The number of piperidine rings is 1. The van der Waals surface area contributed by atoms with Crippen LogP contribution in [0.1, 0.15) is 43.8 Å². The molecule has 27 heavy (non-hydrogen) atoms. The van der Waals surface area contributed by atoms with Crippen molar-refractivity contribution in [3.63, 3.8) is 0 Å². The fraction of sp³-hybridized carbons (Fsp3) is 0.450. The van der Waals surface area contributed by atoms with Gasteiger partial charge in [-0.2, -0.15) is 0 Å². The quantitative estimate of drug-likeness (QED) is 0.584. The molecule has 1 aliphatic carbocycles. The molecule has 0 bridgehead atoms. The first-order chi connectivity index (χ1) is 13.4. The van der Waals surface area contributed by atoms with E-state index in [1.807, 2.05) is 36.4 Å². The summed E-state index contributed by atoms with van der Waals surface area (Å²) in [6.45, 7) is 2.19. The van der Waals surface area contributed by atoms with E-state index in [-0.39, 0.29) is 0 Å². The van der Waals surface area contributed by atoms with E-state index < -0.39 is 0 Å². The van der Waals surface area contributed by atoms with E-state index in [9.17, 15) is 0 Å². The number of thioether (sulfide) groups is 1. The highest BCUT2D eigenvalue weighted by atomic mass is 32.2. The predicted molar refractivity (Wildman–Crippen MR) is 106 cm³/mol. The van der Waals surface area contributed by atoms with Gasteiger partial charge in [0.1, 0.15) is 0 Å². The normalized spacial score (nSPS) is 17.4. The number of anilines is 1. The molecule has 0 atom stereocenters. The van der Waals surface area contributed by atoms with Gasteiger partial charge in [0.15, 0.2) is 10.9 Å². The molecular formula is C20H23N5OS. The number of nitrogens with zero attached hydrogens (tertiary/aromatic N) is 5. The van der Waals surface area contributed by atoms with Gasteiger partial charge >= 0.3 is 0 Å². The second kappa shape index (κ2) is 7.38. The maximum absolute atomic E-state index is 5.52. The minimum atomic E-state index is 0.566. The standard InChI is InChI=1S/C20H23N5OS/c1-3-7-15(8-4-1)18-13-16(23-26-18)14-27-20-22-21-19(25(20)17-9-10-17)24-11-5-2-6-12-24/h1,3-4,7-8,13,17H,2,5-6,9-12,14H2. The van der Waals surface area contributed by atoms with Gasteiger partial charge in [-0.1, -0.05) is 47.3 Å². The topological polar surface area (TPSA) is 60.0 Å². The van der Waals surface area contributed by atoms with Crippen LogP contribution in [0.5, 0.6) is 0 Å². The Labute approximate surface area is 162 Å². The molecule has 0 unspecified atom stereocenters. The summed E-state index contributed by atoms with van der Waals surface area (Å²) in [4.78, 5) is 2.41. The number of rotatable bonds is 6.